The summed E-state index contributed by atoms with van der Waals surface area (Å²) < 4.78 is 3.03. The van der Waals surface area contributed by atoms with E-state index >= 15 is 0 Å². The molecule has 0 fully saturated rings. The van der Waals surface area contributed by atoms with E-state index in [1.54, 1.807) is 0 Å². The van der Waals surface area contributed by atoms with Gasteiger partial charge in [0.1, 0.15) is 0 Å². The Hall–Kier alpha value is -1.29. The first-order chi connectivity index (χ1) is 7.75. The third kappa shape index (κ3) is 2.85. The highest BCUT2D eigenvalue weighted by Gasteiger charge is 1.97. The molecule has 4 heteroatoms. The second-order valence-electron chi connectivity index (χ2n) is 3.63. The zero-order valence-corrected chi connectivity index (χ0v) is 10.7. The van der Waals surface area contributed by atoms with Crippen LogP contribution in [0.4, 0.5) is 5.69 Å². The number of hydrogen-bond acceptors (Lipinski definition) is 2. The highest BCUT2D eigenvalue weighted by Crippen LogP contribution is 2.20. The fourth-order valence-corrected chi connectivity index (χ4v) is 1.92. The molecule has 0 spiro atoms. The molecular weight excluding hydrogens is 266 g/mol. The van der Waals surface area contributed by atoms with Crippen LogP contribution < -0.4 is 5.32 Å². The first-order valence-electron chi connectivity index (χ1n) is 5.24. The molecule has 1 N–H and O–H groups in total. The number of aryl methyl sites for hydroxylation is 1. The van der Waals surface area contributed by atoms with Crippen LogP contribution in [0, 0.1) is 6.92 Å². The van der Waals surface area contributed by atoms with Gasteiger partial charge in [-0.25, -0.2) is 0 Å². The molecule has 0 bridgehead atoms. The monoisotopic (exact) mass is 279 g/mol. The number of halogens is 1. The second-order valence-corrected chi connectivity index (χ2v) is 4.48. The van der Waals surface area contributed by atoms with E-state index in [2.05, 4.69) is 32.4 Å². The van der Waals surface area contributed by atoms with Crippen LogP contribution in [0.1, 0.15) is 5.69 Å². The summed E-state index contributed by atoms with van der Waals surface area (Å²) in [5, 5.41) is 7.69. The molecule has 2 aromatic rings. The van der Waals surface area contributed by atoms with E-state index in [0.29, 0.717) is 0 Å². The molecule has 16 heavy (non-hydrogen) atoms. The smallest absolute Gasteiger partial charge is 0.0593 e. The van der Waals surface area contributed by atoms with Crippen molar-refractivity contribution < 1.29 is 0 Å². The topological polar surface area (TPSA) is 29.9 Å². The Labute approximate surface area is 104 Å². The minimum atomic E-state index is 0.865. The third-order valence-corrected chi connectivity index (χ3v) is 3.00. The summed E-state index contributed by atoms with van der Waals surface area (Å²) >= 11 is 3.50. The van der Waals surface area contributed by atoms with Crippen molar-refractivity contribution in [1.29, 1.82) is 0 Å². The Bertz CT molecular complexity index is 465. The minimum Gasteiger partial charge on any atom is -0.382 e. The Balaban J connectivity index is 1.87. The van der Waals surface area contributed by atoms with Crippen LogP contribution in [0.5, 0.6) is 0 Å². The third-order valence-electron chi connectivity index (χ3n) is 2.30. The molecule has 0 aliphatic heterocycles. The van der Waals surface area contributed by atoms with E-state index in [0.717, 1.165) is 28.9 Å². The average molecular weight is 280 g/mol. The zero-order chi connectivity index (χ0) is 11.4. The van der Waals surface area contributed by atoms with Crippen LogP contribution >= 0.6 is 15.9 Å². The number of para-hydroxylation sites is 1. The molecule has 0 saturated heterocycles. The normalized spacial score (nSPS) is 10.4. The molecule has 0 aliphatic carbocycles. The van der Waals surface area contributed by atoms with E-state index in [1.807, 2.05) is 42.1 Å². The van der Waals surface area contributed by atoms with Crippen molar-refractivity contribution in [2.75, 3.05) is 11.9 Å². The maximum Gasteiger partial charge on any atom is 0.0593 e. The number of rotatable bonds is 4. The lowest BCUT2D eigenvalue weighted by molar-refractivity contribution is 0.632. The van der Waals surface area contributed by atoms with Crippen LogP contribution in [0.3, 0.4) is 0 Å². The highest BCUT2D eigenvalue weighted by atomic mass is 79.9. The maximum absolute atomic E-state index is 4.33. The molecule has 3 nitrogen and oxygen atoms in total. The molecule has 1 aromatic carbocycles. The van der Waals surface area contributed by atoms with Gasteiger partial charge in [-0.05, 0) is 41.1 Å². The quantitative estimate of drug-likeness (QED) is 0.932. The van der Waals surface area contributed by atoms with Gasteiger partial charge in [-0.2, -0.15) is 5.10 Å². The summed E-state index contributed by atoms with van der Waals surface area (Å²) in [6.45, 7) is 3.73. The molecule has 0 radical (unpaired) electrons. The molecule has 84 valence electrons. The van der Waals surface area contributed by atoms with E-state index in [9.17, 15) is 0 Å². The lowest BCUT2D eigenvalue weighted by Crippen LogP contribution is -2.11. The van der Waals surface area contributed by atoms with Crippen LogP contribution in [0.25, 0.3) is 0 Å². The number of anilines is 1. The Morgan fingerprint density at radius 2 is 2.12 bits per heavy atom. The van der Waals surface area contributed by atoms with Crippen LogP contribution in [0.15, 0.2) is 41.0 Å². The summed E-state index contributed by atoms with van der Waals surface area (Å²) in [6.07, 6.45) is 2.00. The van der Waals surface area contributed by atoms with Crippen LogP contribution in [-0.2, 0) is 6.54 Å². The van der Waals surface area contributed by atoms with Gasteiger partial charge in [0.2, 0.25) is 0 Å². The molecule has 0 saturated carbocycles. The molecule has 0 amide bonds. The molecule has 2 rings (SSSR count). The summed E-state index contributed by atoms with van der Waals surface area (Å²) in [5.74, 6) is 0. The van der Waals surface area contributed by atoms with Gasteiger partial charge in [-0.1, -0.05) is 12.1 Å². The van der Waals surface area contributed by atoms with E-state index in [4.69, 9.17) is 0 Å². The van der Waals surface area contributed by atoms with Crippen LogP contribution in [0.2, 0.25) is 0 Å². The van der Waals surface area contributed by atoms with Gasteiger partial charge in [0.15, 0.2) is 0 Å². The van der Waals surface area contributed by atoms with Crippen molar-refractivity contribution in [3.05, 3.63) is 46.7 Å². The van der Waals surface area contributed by atoms with E-state index < -0.39 is 0 Å². The van der Waals surface area contributed by atoms with Gasteiger partial charge in [-0.3, -0.25) is 4.68 Å². The first kappa shape index (κ1) is 11.2. The second kappa shape index (κ2) is 5.16. The predicted molar refractivity (Wildman–Crippen MR) is 69.6 cm³/mol. The summed E-state index contributed by atoms with van der Waals surface area (Å²) in [4.78, 5) is 0. The van der Waals surface area contributed by atoms with E-state index in [1.165, 1.54) is 0 Å². The van der Waals surface area contributed by atoms with Crippen LogP contribution in [-0.4, -0.2) is 16.3 Å². The SMILES string of the molecule is Cc1ccn(CCNc2ccccc2Br)n1. The molecule has 1 aromatic heterocycles. The fraction of sp³-hybridized carbons (Fsp3) is 0.250. The van der Waals surface area contributed by atoms with Gasteiger partial charge >= 0.3 is 0 Å². The molecule has 1 heterocycles. The molecular formula is C12H14BrN3. The number of aromatic nitrogens is 2. The zero-order valence-electron chi connectivity index (χ0n) is 9.15. The van der Waals surface area contributed by atoms with Crippen molar-refractivity contribution in [1.82, 2.24) is 9.78 Å². The van der Waals surface area contributed by atoms with Crippen molar-refractivity contribution in [2.24, 2.45) is 0 Å². The number of hydrogen-bond donors (Lipinski definition) is 1. The molecule has 0 unspecified atom stereocenters. The Morgan fingerprint density at radius 3 is 2.81 bits per heavy atom. The van der Waals surface area contributed by atoms with Gasteiger partial charge in [0.25, 0.3) is 0 Å². The van der Waals surface area contributed by atoms with Gasteiger partial charge in [-0.15, -0.1) is 0 Å². The van der Waals surface area contributed by atoms with Crippen molar-refractivity contribution >= 4 is 21.6 Å². The largest absolute Gasteiger partial charge is 0.382 e. The Kier molecular flexibility index (Phi) is 3.62. The highest BCUT2D eigenvalue weighted by molar-refractivity contribution is 9.10. The molecule has 0 aliphatic rings. The maximum atomic E-state index is 4.33. The summed E-state index contributed by atoms with van der Waals surface area (Å²) in [6, 6.07) is 10.1. The first-order valence-corrected chi connectivity index (χ1v) is 6.03. The summed E-state index contributed by atoms with van der Waals surface area (Å²) in [5.41, 5.74) is 2.17. The Morgan fingerprint density at radius 1 is 1.31 bits per heavy atom. The molecule has 0 atom stereocenters. The van der Waals surface area contributed by atoms with Crippen molar-refractivity contribution in [2.45, 2.75) is 13.5 Å². The minimum absolute atomic E-state index is 0.865. The number of nitrogens with one attached hydrogen (secondary N) is 1. The lowest BCUT2D eigenvalue weighted by atomic mass is 10.3. The van der Waals surface area contributed by atoms with E-state index in [-0.39, 0.29) is 0 Å². The van der Waals surface area contributed by atoms with Gasteiger partial charge in [0, 0.05) is 22.9 Å². The fourth-order valence-electron chi connectivity index (χ4n) is 1.50. The number of nitrogens with zero attached hydrogens (tertiary/aromatic N) is 2. The number of benzene rings is 1. The standard InChI is InChI=1S/C12H14BrN3/c1-10-6-8-16(15-10)9-7-14-12-5-3-2-4-11(12)13/h2-6,8,14H,7,9H2,1H3. The summed E-state index contributed by atoms with van der Waals surface area (Å²) in [7, 11) is 0. The van der Waals surface area contributed by atoms with Crippen molar-refractivity contribution in [3.63, 3.8) is 0 Å². The lowest BCUT2D eigenvalue weighted by Gasteiger charge is -2.08. The van der Waals surface area contributed by atoms with Crippen molar-refractivity contribution in [3.8, 4) is 0 Å². The van der Waals surface area contributed by atoms with Gasteiger partial charge in [0.05, 0.1) is 12.2 Å². The predicted octanol–water partition coefficient (Wildman–Crippen LogP) is 3.07. The average Bonchev–Trinajstić information content (AvgIpc) is 2.67. The van der Waals surface area contributed by atoms with Gasteiger partial charge < -0.3 is 5.32 Å².